The minimum absolute atomic E-state index is 0.469. The Kier molecular flexibility index (Phi) is 4.93. The van der Waals surface area contributed by atoms with Crippen molar-refractivity contribution in [2.45, 2.75) is 33.4 Å². The van der Waals surface area contributed by atoms with Crippen molar-refractivity contribution in [2.75, 3.05) is 13.1 Å². The maximum Gasteiger partial charge on any atom is 0.0931 e. The fourth-order valence-corrected chi connectivity index (χ4v) is 2.05. The highest BCUT2D eigenvalue weighted by Crippen LogP contribution is 2.11. The van der Waals surface area contributed by atoms with Gasteiger partial charge in [0.25, 0.3) is 0 Å². The number of nitrogens with one attached hydrogen (secondary N) is 3. The Morgan fingerprint density at radius 2 is 2.05 bits per heavy atom. The van der Waals surface area contributed by atoms with Gasteiger partial charge in [0.2, 0.25) is 0 Å². The molecule has 4 heteroatoms. The van der Waals surface area contributed by atoms with Gasteiger partial charge in [-0.15, -0.1) is 0 Å². The maximum atomic E-state index is 4.23. The quantitative estimate of drug-likeness (QED) is 0.716. The van der Waals surface area contributed by atoms with Crippen LogP contribution in [0.1, 0.15) is 26.3 Å². The average molecular weight is 260 g/mol. The van der Waals surface area contributed by atoms with E-state index < -0.39 is 0 Å². The van der Waals surface area contributed by atoms with Crippen LogP contribution in [0.3, 0.4) is 0 Å². The predicted octanol–water partition coefficient (Wildman–Crippen LogP) is 2.29. The second-order valence-corrected chi connectivity index (χ2v) is 5.59. The standard InChI is InChI=1S/C15H24N4/c1-11(2)7-16-8-12(3)17-9-13-4-5-14-15(6-13)19-10-18-14/h4-6,10-12,16-17H,7-9H2,1-3H3,(H,18,19). The van der Waals surface area contributed by atoms with E-state index in [0.717, 1.165) is 30.7 Å². The van der Waals surface area contributed by atoms with Gasteiger partial charge in [0.05, 0.1) is 17.4 Å². The fraction of sp³-hybridized carbons (Fsp3) is 0.533. The highest BCUT2D eigenvalue weighted by Gasteiger charge is 2.03. The van der Waals surface area contributed by atoms with Gasteiger partial charge in [0.1, 0.15) is 0 Å². The summed E-state index contributed by atoms with van der Waals surface area (Å²) in [6.45, 7) is 9.63. The lowest BCUT2D eigenvalue weighted by Crippen LogP contribution is -2.37. The number of benzene rings is 1. The smallest absolute Gasteiger partial charge is 0.0931 e. The Labute approximate surface area is 115 Å². The zero-order chi connectivity index (χ0) is 13.7. The average Bonchev–Trinajstić information content (AvgIpc) is 2.83. The number of rotatable bonds is 7. The Morgan fingerprint density at radius 1 is 1.21 bits per heavy atom. The van der Waals surface area contributed by atoms with Crippen LogP contribution < -0.4 is 10.6 Å². The Bertz CT molecular complexity index is 504. The van der Waals surface area contributed by atoms with Gasteiger partial charge in [-0.05, 0) is 37.1 Å². The molecule has 0 aliphatic rings. The summed E-state index contributed by atoms with van der Waals surface area (Å²) in [5.41, 5.74) is 3.41. The molecule has 2 aromatic rings. The van der Waals surface area contributed by atoms with Crippen molar-refractivity contribution >= 4 is 11.0 Å². The summed E-state index contributed by atoms with van der Waals surface area (Å²) in [7, 11) is 0. The molecule has 0 bridgehead atoms. The number of H-pyrrole nitrogens is 1. The summed E-state index contributed by atoms with van der Waals surface area (Å²) in [6.07, 6.45) is 1.74. The lowest BCUT2D eigenvalue weighted by molar-refractivity contribution is 0.472. The largest absolute Gasteiger partial charge is 0.345 e. The molecule has 3 N–H and O–H groups in total. The number of aromatic nitrogens is 2. The predicted molar refractivity (Wildman–Crippen MR) is 80.1 cm³/mol. The third kappa shape index (κ3) is 4.33. The van der Waals surface area contributed by atoms with Crippen LogP contribution in [0.25, 0.3) is 11.0 Å². The summed E-state index contributed by atoms with van der Waals surface area (Å²) < 4.78 is 0. The van der Waals surface area contributed by atoms with Gasteiger partial charge in [-0.25, -0.2) is 4.98 Å². The van der Waals surface area contributed by atoms with Gasteiger partial charge >= 0.3 is 0 Å². The molecule has 2 rings (SSSR count). The van der Waals surface area contributed by atoms with Gasteiger partial charge in [-0.1, -0.05) is 19.9 Å². The van der Waals surface area contributed by atoms with Crippen LogP contribution in [-0.4, -0.2) is 29.1 Å². The van der Waals surface area contributed by atoms with Crippen molar-refractivity contribution in [3.05, 3.63) is 30.1 Å². The van der Waals surface area contributed by atoms with Gasteiger partial charge < -0.3 is 15.6 Å². The normalized spacial score (nSPS) is 13.3. The molecule has 0 saturated heterocycles. The third-order valence-electron chi connectivity index (χ3n) is 3.14. The second-order valence-electron chi connectivity index (χ2n) is 5.59. The van der Waals surface area contributed by atoms with Crippen LogP contribution in [0.15, 0.2) is 24.5 Å². The Hall–Kier alpha value is -1.39. The molecule has 1 aromatic carbocycles. The first-order valence-corrected chi connectivity index (χ1v) is 7.01. The first kappa shape index (κ1) is 14.0. The molecule has 4 nitrogen and oxygen atoms in total. The van der Waals surface area contributed by atoms with E-state index in [1.54, 1.807) is 6.33 Å². The van der Waals surface area contributed by atoms with Crippen LogP contribution in [0.4, 0.5) is 0 Å². The van der Waals surface area contributed by atoms with E-state index in [9.17, 15) is 0 Å². The molecule has 0 amide bonds. The zero-order valence-corrected chi connectivity index (χ0v) is 12.0. The number of hydrogen-bond acceptors (Lipinski definition) is 3. The minimum Gasteiger partial charge on any atom is -0.345 e. The first-order valence-electron chi connectivity index (χ1n) is 7.01. The fourth-order valence-electron chi connectivity index (χ4n) is 2.05. The summed E-state index contributed by atoms with van der Waals surface area (Å²) in [5, 5.41) is 7.00. The van der Waals surface area contributed by atoms with Crippen molar-refractivity contribution in [3.8, 4) is 0 Å². The van der Waals surface area contributed by atoms with E-state index in [1.165, 1.54) is 5.56 Å². The summed E-state index contributed by atoms with van der Waals surface area (Å²) in [5.74, 6) is 0.704. The van der Waals surface area contributed by atoms with E-state index in [4.69, 9.17) is 0 Å². The summed E-state index contributed by atoms with van der Waals surface area (Å²) >= 11 is 0. The Balaban J connectivity index is 1.77. The molecular formula is C15H24N4. The van der Waals surface area contributed by atoms with Crippen molar-refractivity contribution in [3.63, 3.8) is 0 Å². The van der Waals surface area contributed by atoms with Crippen LogP contribution in [-0.2, 0) is 6.54 Å². The van der Waals surface area contributed by atoms with Gasteiger partial charge in [0, 0.05) is 19.1 Å². The van der Waals surface area contributed by atoms with Crippen molar-refractivity contribution in [1.82, 2.24) is 20.6 Å². The van der Waals surface area contributed by atoms with E-state index in [0.29, 0.717) is 12.0 Å². The number of imidazole rings is 1. The number of nitrogens with zero attached hydrogens (tertiary/aromatic N) is 1. The molecular weight excluding hydrogens is 236 g/mol. The number of hydrogen-bond donors (Lipinski definition) is 3. The molecule has 1 heterocycles. The van der Waals surface area contributed by atoms with Gasteiger partial charge in [-0.3, -0.25) is 0 Å². The van der Waals surface area contributed by atoms with E-state index in [2.05, 4.69) is 59.6 Å². The summed E-state index contributed by atoms with van der Waals surface area (Å²) in [4.78, 5) is 7.37. The highest BCUT2D eigenvalue weighted by atomic mass is 15.0. The van der Waals surface area contributed by atoms with Crippen LogP contribution in [0.2, 0.25) is 0 Å². The molecule has 104 valence electrons. The lowest BCUT2D eigenvalue weighted by Gasteiger charge is -2.15. The topological polar surface area (TPSA) is 52.7 Å². The van der Waals surface area contributed by atoms with E-state index in [-0.39, 0.29) is 0 Å². The van der Waals surface area contributed by atoms with Crippen LogP contribution in [0, 0.1) is 5.92 Å². The van der Waals surface area contributed by atoms with Crippen molar-refractivity contribution in [2.24, 2.45) is 5.92 Å². The molecule has 0 radical (unpaired) electrons. The SMILES string of the molecule is CC(C)CNCC(C)NCc1ccc2nc[nH]c2c1. The minimum atomic E-state index is 0.469. The van der Waals surface area contributed by atoms with Crippen molar-refractivity contribution < 1.29 is 0 Å². The molecule has 19 heavy (non-hydrogen) atoms. The molecule has 0 aliphatic heterocycles. The van der Waals surface area contributed by atoms with Crippen molar-refractivity contribution in [1.29, 1.82) is 0 Å². The number of fused-ring (bicyclic) bond motifs is 1. The monoisotopic (exact) mass is 260 g/mol. The lowest BCUT2D eigenvalue weighted by atomic mass is 10.2. The number of aromatic amines is 1. The van der Waals surface area contributed by atoms with Crippen LogP contribution in [0.5, 0.6) is 0 Å². The van der Waals surface area contributed by atoms with E-state index in [1.807, 2.05) is 0 Å². The zero-order valence-electron chi connectivity index (χ0n) is 12.0. The third-order valence-corrected chi connectivity index (χ3v) is 3.14. The maximum absolute atomic E-state index is 4.23. The van der Waals surface area contributed by atoms with Gasteiger partial charge in [0.15, 0.2) is 0 Å². The molecule has 1 atom stereocenters. The summed E-state index contributed by atoms with van der Waals surface area (Å²) in [6, 6.07) is 6.81. The second kappa shape index (κ2) is 6.68. The molecule has 1 aromatic heterocycles. The molecule has 0 aliphatic carbocycles. The Morgan fingerprint density at radius 3 is 2.84 bits per heavy atom. The van der Waals surface area contributed by atoms with Gasteiger partial charge in [-0.2, -0.15) is 0 Å². The molecule has 0 fully saturated rings. The van der Waals surface area contributed by atoms with E-state index >= 15 is 0 Å². The molecule has 0 spiro atoms. The highest BCUT2D eigenvalue weighted by molar-refractivity contribution is 5.74. The molecule has 1 unspecified atom stereocenters. The van der Waals surface area contributed by atoms with Crippen LogP contribution >= 0.6 is 0 Å². The molecule has 0 saturated carbocycles. The first-order chi connectivity index (χ1) is 9.15.